The summed E-state index contributed by atoms with van der Waals surface area (Å²) in [5.41, 5.74) is 6.13. The lowest BCUT2D eigenvalue weighted by Crippen LogP contribution is -2.62. The van der Waals surface area contributed by atoms with Crippen LogP contribution in [-0.2, 0) is 4.74 Å². The Morgan fingerprint density at radius 3 is 2.29 bits per heavy atom. The molecule has 0 aromatic carbocycles. The molecule has 0 aromatic heterocycles. The molecule has 3 heteroatoms. The first-order chi connectivity index (χ1) is 8.12. The maximum Gasteiger partial charge on any atom is 0.0661 e. The zero-order valence-electron chi connectivity index (χ0n) is 12.0. The summed E-state index contributed by atoms with van der Waals surface area (Å²) in [7, 11) is 1.79. The molecular formula is C14H30N2O. The topological polar surface area (TPSA) is 38.5 Å². The number of ether oxygens (including phenoxy) is 1. The summed E-state index contributed by atoms with van der Waals surface area (Å²) in [6.07, 6.45) is 5.39. The van der Waals surface area contributed by atoms with Crippen LogP contribution in [0.15, 0.2) is 0 Å². The predicted octanol–water partition coefficient (Wildman–Crippen LogP) is 2.25. The number of likely N-dealkylation sites (N-methyl/N-ethyl adjacent to an activating group) is 1. The lowest BCUT2D eigenvalue weighted by Gasteiger charge is -2.48. The van der Waals surface area contributed by atoms with Crippen LogP contribution in [0.4, 0.5) is 0 Å². The van der Waals surface area contributed by atoms with Gasteiger partial charge in [0.15, 0.2) is 0 Å². The predicted molar refractivity (Wildman–Crippen MR) is 73.1 cm³/mol. The maximum atomic E-state index is 6.12. The molecular weight excluding hydrogens is 212 g/mol. The van der Waals surface area contributed by atoms with E-state index in [1.54, 1.807) is 7.11 Å². The second-order valence-electron chi connectivity index (χ2n) is 5.62. The summed E-state index contributed by atoms with van der Waals surface area (Å²) < 4.78 is 5.48. The largest absolute Gasteiger partial charge is 0.383 e. The van der Waals surface area contributed by atoms with Crippen LogP contribution in [0.25, 0.3) is 0 Å². The third kappa shape index (κ3) is 3.01. The first-order valence-electron chi connectivity index (χ1n) is 7.08. The third-order valence-electron chi connectivity index (χ3n) is 4.50. The van der Waals surface area contributed by atoms with Gasteiger partial charge in [-0.25, -0.2) is 0 Å². The number of hydrogen-bond acceptors (Lipinski definition) is 3. The summed E-state index contributed by atoms with van der Waals surface area (Å²) in [6, 6.07) is 0.709. The van der Waals surface area contributed by atoms with E-state index in [9.17, 15) is 0 Å². The minimum atomic E-state index is 0.0124. The van der Waals surface area contributed by atoms with E-state index in [2.05, 4.69) is 25.7 Å². The number of nitrogens with two attached hydrogens (primary N) is 1. The van der Waals surface area contributed by atoms with Gasteiger partial charge in [0, 0.05) is 19.7 Å². The monoisotopic (exact) mass is 242 g/mol. The van der Waals surface area contributed by atoms with Crippen LogP contribution >= 0.6 is 0 Å². The summed E-state index contributed by atoms with van der Waals surface area (Å²) in [4.78, 5) is 2.62. The molecule has 1 aliphatic carbocycles. The van der Waals surface area contributed by atoms with E-state index in [-0.39, 0.29) is 5.54 Å². The van der Waals surface area contributed by atoms with E-state index < -0.39 is 0 Å². The molecule has 102 valence electrons. The van der Waals surface area contributed by atoms with E-state index >= 15 is 0 Å². The SMILES string of the molecule is CCN(C1CCCC1)C(CN)(COC)C(C)C. The minimum Gasteiger partial charge on any atom is -0.383 e. The zero-order chi connectivity index (χ0) is 12.9. The van der Waals surface area contributed by atoms with Gasteiger partial charge in [0.05, 0.1) is 12.1 Å². The van der Waals surface area contributed by atoms with Crippen molar-refractivity contribution >= 4 is 0 Å². The Kier molecular flexibility index (Phi) is 5.90. The number of nitrogens with zero attached hydrogens (tertiary/aromatic N) is 1. The normalized spacial score (nSPS) is 21.4. The van der Waals surface area contributed by atoms with Crippen molar-refractivity contribution in [3.63, 3.8) is 0 Å². The van der Waals surface area contributed by atoms with Crippen LogP contribution < -0.4 is 5.73 Å². The standard InChI is InChI=1S/C14H30N2O/c1-5-16(13-8-6-7-9-13)14(10-15,11-17-4)12(2)3/h12-13H,5-11,15H2,1-4H3. The Hall–Kier alpha value is -0.120. The molecule has 17 heavy (non-hydrogen) atoms. The first kappa shape index (κ1) is 14.9. The average molecular weight is 242 g/mol. The van der Waals surface area contributed by atoms with Crippen molar-refractivity contribution in [1.82, 2.24) is 4.90 Å². The lowest BCUT2D eigenvalue weighted by atomic mass is 9.83. The quantitative estimate of drug-likeness (QED) is 0.744. The molecule has 0 amide bonds. The third-order valence-corrected chi connectivity index (χ3v) is 4.50. The van der Waals surface area contributed by atoms with Crippen LogP contribution in [0.2, 0.25) is 0 Å². The Morgan fingerprint density at radius 2 is 1.94 bits per heavy atom. The molecule has 1 rings (SSSR count). The van der Waals surface area contributed by atoms with Crippen LogP contribution in [0.5, 0.6) is 0 Å². The average Bonchev–Trinajstić information content (AvgIpc) is 2.82. The van der Waals surface area contributed by atoms with Gasteiger partial charge in [-0.05, 0) is 25.3 Å². The van der Waals surface area contributed by atoms with Gasteiger partial charge in [-0.2, -0.15) is 0 Å². The molecule has 1 unspecified atom stereocenters. The second-order valence-corrected chi connectivity index (χ2v) is 5.62. The van der Waals surface area contributed by atoms with Crippen molar-refractivity contribution in [2.75, 3.05) is 26.8 Å². The fraction of sp³-hybridized carbons (Fsp3) is 1.00. The Bertz CT molecular complexity index is 214. The van der Waals surface area contributed by atoms with Gasteiger partial charge in [0.2, 0.25) is 0 Å². The second kappa shape index (κ2) is 6.72. The van der Waals surface area contributed by atoms with Crippen LogP contribution in [-0.4, -0.2) is 43.3 Å². The van der Waals surface area contributed by atoms with Crippen molar-refractivity contribution in [2.24, 2.45) is 11.7 Å². The molecule has 0 radical (unpaired) electrons. The van der Waals surface area contributed by atoms with Crippen LogP contribution in [0.1, 0.15) is 46.5 Å². The molecule has 0 bridgehead atoms. The van der Waals surface area contributed by atoms with Crippen LogP contribution in [0.3, 0.4) is 0 Å². The van der Waals surface area contributed by atoms with Gasteiger partial charge >= 0.3 is 0 Å². The molecule has 3 nitrogen and oxygen atoms in total. The molecule has 0 heterocycles. The van der Waals surface area contributed by atoms with Crippen molar-refractivity contribution in [1.29, 1.82) is 0 Å². The van der Waals surface area contributed by atoms with Crippen LogP contribution in [0, 0.1) is 5.92 Å². The van der Waals surface area contributed by atoms with Crippen molar-refractivity contribution < 1.29 is 4.74 Å². The number of methoxy groups -OCH3 is 1. The summed E-state index contributed by atoms with van der Waals surface area (Å²) in [5, 5.41) is 0. The van der Waals surface area contributed by atoms with E-state index in [1.807, 2.05) is 0 Å². The van der Waals surface area contributed by atoms with Gasteiger partial charge in [0.25, 0.3) is 0 Å². The highest BCUT2D eigenvalue weighted by Crippen LogP contribution is 2.33. The van der Waals surface area contributed by atoms with Crippen molar-refractivity contribution in [3.05, 3.63) is 0 Å². The molecule has 1 fully saturated rings. The van der Waals surface area contributed by atoms with Gasteiger partial charge in [-0.1, -0.05) is 33.6 Å². The van der Waals surface area contributed by atoms with Gasteiger partial charge in [-0.15, -0.1) is 0 Å². The van der Waals surface area contributed by atoms with Gasteiger partial charge < -0.3 is 10.5 Å². The molecule has 1 atom stereocenters. The highest BCUT2D eigenvalue weighted by atomic mass is 16.5. The van der Waals surface area contributed by atoms with Gasteiger partial charge in [-0.3, -0.25) is 4.90 Å². The Labute approximate surface area is 107 Å². The smallest absolute Gasteiger partial charge is 0.0661 e. The highest BCUT2D eigenvalue weighted by molar-refractivity contribution is 4.98. The molecule has 0 spiro atoms. The molecule has 0 aromatic rings. The fourth-order valence-electron chi connectivity index (χ4n) is 3.40. The number of hydrogen-bond donors (Lipinski definition) is 1. The number of rotatable bonds is 7. The highest BCUT2D eigenvalue weighted by Gasteiger charge is 2.41. The first-order valence-corrected chi connectivity index (χ1v) is 7.08. The van der Waals surface area contributed by atoms with Gasteiger partial charge in [0.1, 0.15) is 0 Å². The van der Waals surface area contributed by atoms with E-state index in [4.69, 9.17) is 10.5 Å². The minimum absolute atomic E-state index is 0.0124. The van der Waals surface area contributed by atoms with E-state index in [1.165, 1.54) is 25.7 Å². The van der Waals surface area contributed by atoms with E-state index in [0.29, 0.717) is 18.5 Å². The van der Waals surface area contributed by atoms with Crippen molar-refractivity contribution in [2.45, 2.75) is 58.0 Å². The Morgan fingerprint density at radius 1 is 1.35 bits per heavy atom. The summed E-state index contributed by atoms with van der Waals surface area (Å²) in [5.74, 6) is 0.521. The van der Waals surface area contributed by atoms with E-state index in [0.717, 1.165) is 13.2 Å². The zero-order valence-corrected chi connectivity index (χ0v) is 12.0. The molecule has 0 saturated heterocycles. The fourth-order valence-corrected chi connectivity index (χ4v) is 3.40. The summed E-state index contributed by atoms with van der Waals surface area (Å²) >= 11 is 0. The molecule has 2 N–H and O–H groups in total. The maximum absolute atomic E-state index is 6.12. The van der Waals surface area contributed by atoms with Crippen molar-refractivity contribution in [3.8, 4) is 0 Å². The summed E-state index contributed by atoms with van der Waals surface area (Å²) in [6.45, 7) is 9.28. The lowest BCUT2D eigenvalue weighted by molar-refractivity contribution is -0.0367. The molecule has 0 aliphatic heterocycles. The molecule has 1 saturated carbocycles. The molecule has 1 aliphatic rings. The Balaban J connectivity index is 2.90.